The van der Waals surface area contributed by atoms with Crippen molar-refractivity contribution in [3.05, 3.63) is 0 Å². The van der Waals surface area contributed by atoms with Gasteiger partial charge < -0.3 is 20.3 Å². The van der Waals surface area contributed by atoms with E-state index in [0.29, 0.717) is 12.5 Å². The Morgan fingerprint density at radius 1 is 1.60 bits per heavy atom. The first-order valence-corrected chi connectivity index (χ1v) is 6.07. The molecule has 2 aliphatic rings. The van der Waals surface area contributed by atoms with Crippen molar-refractivity contribution in [2.75, 3.05) is 25.4 Å². The molecule has 6 heteroatoms. The minimum Gasteiger partial charge on any atom is -0.480 e. The van der Waals surface area contributed by atoms with Crippen LogP contribution in [0.3, 0.4) is 0 Å². The van der Waals surface area contributed by atoms with E-state index in [2.05, 4.69) is 10.6 Å². The van der Waals surface area contributed by atoms with Crippen molar-refractivity contribution in [1.82, 2.24) is 10.6 Å². The Morgan fingerprint density at radius 2 is 2.33 bits per heavy atom. The summed E-state index contributed by atoms with van der Waals surface area (Å²) in [7, 11) is 0. The molecular formula is C9H18N2O3S. The summed E-state index contributed by atoms with van der Waals surface area (Å²) in [4.78, 5) is 10.7. The summed E-state index contributed by atoms with van der Waals surface area (Å²) in [6, 6.07) is 0. The Balaban J connectivity index is 0.000000195. The molecule has 4 N–H and O–H groups in total. The minimum atomic E-state index is -0.714. The molecule has 0 saturated carbocycles. The van der Waals surface area contributed by atoms with Gasteiger partial charge >= 0.3 is 5.97 Å². The van der Waals surface area contributed by atoms with Gasteiger partial charge in [0.2, 0.25) is 0 Å². The summed E-state index contributed by atoms with van der Waals surface area (Å²) in [5, 5.41) is 14.8. The summed E-state index contributed by atoms with van der Waals surface area (Å²) in [5.74, 6) is 0.457. The van der Waals surface area contributed by atoms with Crippen molar-refractivity contribution < 1.29 is 14.5 Å². The summed E-state index contributed by atoms with van der Waals surface area (Å²) < 4.78 is 7.98. The Kier molecular flexibility index (Phi) is 4.85. The molecule has 5 nitrogen and oxygen atoms in total. The van der Waals surface area contributed by atoms with Crippen molar-refractivity contribution in [2.24, 2.45) is 5.92 Å². The molecule has 0 aromatic rings. The number of carboxylic acid groups (broad SMARTS) is 1. The van der Waals surface area contributed by atoms with E-state index in [9.17, 15) is 4.79 Å². The first-order valence-electron chi connectivity index (χ1n) is 5.13. The molecule has 0 aromatic carbocycles. The molecule has 0 aromatic heterocycles. The first kappa shape index (κ1) is 12.8. The van der Waals surface area contributed by atoms with E-state index < -0.39 is 11.5 Å². The number of aliphatic carboxylic acids is 1. The van der Waals surface area contributed by atoms with Crippen LogP contribution in [0, 0.1) is 5.92 Å². The van der Waals surface area contributed by atoms with Crippen molar-refractivity contribution in [1.29, 1.82) is 0 Å². The van der Waals surface area contributed by atoms with Gasteiger partial charge in [-0.15, -0.1) is 0 Å². The van der Waals surface area contributed by atoms with Crippen LogP contribution in [-0.2, 0) is 4.79 Å². The molecule has 15 heavy (non-hydrogen) atoms. The highest BCUT2D eigenvalue weighted by Gasteiger charge is 2.55. The monoisotopic (exact) mass is 234 g/mol. The highest BCUT2D eigenvalue weighted by atomic mass is 32.2. The zero-order valence-corrected chi connectivity index (χ0v) is 9.64. The number of hydrogen-bond donors (Lipinski definition) is 4. The van der Waals surface area contributed by atoms with E-state index in [4.69, 9.17) is 9.66 Å². The standard InChI is InChI=1S/C6H10N2O2.C3H8OS/c9-5(10)6-3-7-1-4(6)2-8-6;1-2-3-5-4/h4,7-8H,1-3H2,(H,9,10);4H,2-3H2,1H3. The molecule has 2 aliphatic heterocycles. The largest absolute Gasteiger partial charge is 0.480 e. The molecular weight excluding hydrogens is 216 g/mol. The normalized spacial score (nSPS) is 32.3. The molecule has 2 heterocycles. The van der Waals surface area contributed by atoms with Crippen LogP contribution in [0.4, 0.5) is 0 Å². The van der Waals surface area contributed by atoms with Crippen LogP contribution in [0.5, 0.6) is 0 Å². The summed E-state index contributed by atoms with van der Waals surface area (Å²) in [6.45, 7) is 4.30. The van der Waals surface area contributed by atoms with E-state index >= 15 is 0 Å². The second-order valence-corrected chi connectivity index (χ2v) is 4.48. The van der Waals surface area contributed by atoms with Gasteiger partial charge in [-0.1, -0.05) is 6.92 Å². The van der Waals surface area contributed by atoms with E-state index in [1.807, 2.05) is 6.92 Å². The third-order valence-electron chi connectivity index (χ3n) is 2.83. The third kappa shape index (κ3) is 2.63. The number of hydrogen-bond acceptors (Lipinski definition) is 5. The number of rotatable bonds is 3. The number of carbonyl (C=O) groups is 1. The maximum atomic E-state index is 10.7. The molecule has 0 spiro atoms. The fourth-order valence-electron chi connectivity index (χ4n) is 1.81. The fourth-order valence-corrected chi connectivity index (χ4v) is 1.99. The quantitative estimate of drug-likeness (QED) is 0.524. The molecule has 2 saturated heterocycles. The Morgan fingerprint density at radius 3 is 2.53 bits per heavy atom. The fraction of sp³-hybridized carbons (Fsp3) is 0.889. The molecule has 0 radical (unpaired) electrons. The lowest BCUT2D eigenvalue weighted by Crippen LogP contribution is -2.69. The van der Waals surface area contributed by atoms with E-state index in [-0.39, 0.29) is 0 Å². The van der Waals surface area contributed by atoms with Gasteiger partial charge in [0.05, 0.1) is 0 Å². The van der Waals surface area contributed by atoms with Crippen LogP contribution in [0.15, 0.2) is 0 Å². The molecule has 0 amide bonds. The van der Waals surface area contributed by atoms with E-state index in [1.54, 1.807) is 0 Å². The average molecular weight is 234 g/mol. The van der Waals surface area contributed by atoms with Gasteiger partial charge in [0.25, 0.3) is 0 Å². The van der Waals surface area contributed by atoms with Gasteiger partial charge in [-0.3, -0.25) is 4.79 Å². The summed E-state index contributed by atoms with van der Waals surface area (Å²) in [5.41, 5.74) is -0.611. The molecule has 88 valence electrons. The number of carboxylic acids is 1. The topological polar surface area (TPSA) is 81.6 Å². The second kappa shape index (κ2) is 5.69. The van der Waals surface area contributed by atoms with Crippen molar-refractivity contribution >= 4 is 18.0 Å². The smallest absolute Gasteiger partial charge is 0.325 e. The van der Waals surface area contributed by atoms with E-state index in [0.717, 1.165) is 37.3 Å². The second-order valence-electron chi connectivity index (χ2n) is 3.82. The Labute approximate surface area is 93.8 Å². The van der Waals surface area contributed by atoms with Crippen LogP contribution in [-0.4, -0.2) is 46.6 Å². The van der Waals surface area contributed by atoms with Crippen LogP contribution >= 0.6 is 12.0 Å². The minimum absolute atomic E-state index is 0.310. The predicted octanol–water partition coefficient (Wildman–Crippen LogP) is 0.235. The third-order valence-corrected chi connectivity index (χ3v) is 3.42. The molecule has 2 unspecified atom stereocenters. The van der Waals surface area contributed by atoms with Gasteiger partial charge in [0, 0.05) is 31.3 Å². The maximum Gasteiger partial charge on any atom is 0.325 e. The average Bonchev–Trinajstić information content (AvgIpc) is 2.45. The van der Waals surface area contributed by atoms with E-state index in [1.165, 1.54) is 0 Å². The van der Waals surface area contributed by atoms with Crippen LogP contribution in [0.1, 0.15) is 13.3 Å². The number of nitrogens with one attached hydrogen (secondary N) is 2. The molecule has 0 aliphatic carbocycles. The summed E-state index contributed by atoms with van der Waals surface area (Å²) >= 11 is 0.902. The molecule has 0 bridgehead atoms. The SMILES string of the molecule is CCCSO.O=C(O)C12CNCC1CN2. The van der Waals surface area contributed by atoms with Gasteiger partial charge in [0.15, 0.2) is 0 Å². The number of fused-ring (bicyclic) bond motifs is 1. The lowest BCUT2D eigenvalue weighted by Gasteiger charge is -2.41. The zero-order valence-electron chi connectivity index (χ0n) is 8.82. The molecule has 2 rings (SSSR count). The highest BCUT2D eigenvalue weighted by molar-refractivity contribution is 7.93. The van der Waals surface area contributed by atoms with Crippen LogP contribution in [0.25, 0.3) is 0 Å². The maximum absolute atomic E-state index is 10.7. The van der Waals surface area contributed by atoms with Gasteiger partial charge in [0.1, 0.15) is 5.54 Å². The van der Waals surface area contributed by atoms with Crippen LogP contribution in [0.2, 0.25) is 0 Å². The Bertz CT molecular complexity index is 225. The van der Waals surface area contributed by atoms with Gasteiger partial charge in [-0.25, -0.2) is 0 Å². The van der Waals surface area contributed by atoms with Crippen molar-refractivity contribution in [3.63, 3.8) is 0 Å². The first-order chi connectivity index (χ1) is 7.17. The summed E-state index contributed by atoms with van der Waals surface area (Å²) in [6.07, 6.45) is 1.06. The van der Waals surface area contributed by atoms with Gasteiger partial charge in [-0.2, -0.15) is 0 Å². The Hall–Kier alpha value is -0.300. The van der Waals surface area contributed by atoms with Crippen LogP contribution < -0.4 is 10.6 Å². The molecule has 2 fully saturated rings. The molecule has 2 atom stereocenters. The van der Waals surface area contributed by atoms with Crippen molar-refractivity contribution in [3.8, 4) is 0 Å². The predicted molar refractivity (Wildman–Crippen MR) is 60.1 cm³/mol. The zero-order chi connectivity index (χ0) is 11.3. The van der Waals surface area contributed by atoms with Gasteiger partial charge in [-0.05, 0) is 18.5 Å². The highest BCUT2D eigenvalue weighted by Crippen LogP contribution is 2.29. The van der Waals surface area contributed by atoms with Crippen molar-refractivity contribution in [2.45, 2.75) is 18.9 Å². The lowest BCUT2D eigenvalue weighted by molar-refractivity contribution is -0.149. The lowest BCUT2D eigenvalue weighted by atomic mass is 9.79.